The maximum atomic E-state index is 13.1. The lowest BCUT2D eigenvalue weighted by atomic mass is 10.0. The number of amides is 1. The third-order valence-corrected chi connectivity index (χ3v) is 6.27. The summed E-state index contributed by atoms with van der Waals surface area (Å²) in [6.07, 6.45) is 4.61. The van der Waals surface area contributed by atoms with Gasteiger partial charge < -0.3 is 14.6 Å². The molecular formula is C18H19N5O4S. The van der Waals surface area contributed by atoms with Crippen LogP contribution in [-0.4, -0.2) is 47.6 Å². The number of hydrogen-bond acceptors (Lipinski definition) is 6. The van der Waals surface area contributed by atoms with Gasteiger partial charge in [-0.15, -0.1) is 0 Å². The molecule has 0 saturated carbocycles. The van der Waals surface area contributed by atoms with Crippen LogP contribution in [0.5, 0.6) is 0 Å². The van der Waals surface area contributed by atoms with Crippen LogP contribution in [0.3, 0.4) is 0 Å². The highest BCUT2D eigenvalue weighted by molar-refractivity contribution is 7.89. The van der Waals surface area contributed by atoms with Crippen LogP contribution in [0.15, 0.2) is 47.9 Å². The molecule has 9 nitrogen and oxygen atoms in total. The van der Waals surface area contributed by atoms with Gasteiger partial charge in [0.1, 0.15) is 11.2 Å². The quantitative estimate of drug-likeness (QED) is 0.666. The van der Waals surface area contributed by atoms with Crippen molar-refractivity contribution in [2.75, 3.05) is 18.5 Å². The first-order chi connectivity index (χ1) is 13.3. The van der Waals surface area contributed by atoms with Gasteiger partial charge in [-0.1, -0.05) is 0 Å². The predicted molar refractivity (Wildman–Crippen MR) is 102 cm³/mol. The molecule has 3 aromatic rings. The number of pyridine rings is 2. The zero-order valence-corrected chi connectivity index (χ0v) is 16.2. The molecule has 1 fully saturated rings. The molecule has 0 spiro atoms. The molecule has 2 N–H and O–H groups in total. The first kappa shape index (κ1) is 18.5. The average Bonchev–Trinajstić information content (AvgIpc) is 2.93. The van der Waals surface area contributed by atoms with Crippen molar-refractivity contribution in [1.82, 2.24) is 19.3 Å². The van der Waals surface area contributed by atoms with Crippen molar-refractivity contribution in [3.63, 3.8) is 0 Å². The van der Waals surface area contributed by atoms with Crippen molar-refractivity contribution in [1.29, 1.82) is 0 Å². The second kappa shape index (κ2) is 6.66. The van der Waals surface area contributed by atoms with Crippen LogP contribution in [-0.2, 0) is 21.8 Å². The van der Waals surface area contributed by atoms with Crippen molar-refractivity contribution in [3.05, 3.63) is 48.5 Å². The van der Waals surface area contributed by atoms with Gasteiger partial charge in [0.2, 0.25) is 0 Å². The van der Waals surface area contributed by atoms with E-state index in [0.29, 0.717) is 11.1 Å². The van der Waals surface area contributed by atoms with Crippen molar-refractivity contribution in [3.8, 4) is 0 Å². The van der Waals surface area contributed by atoms with Crippen LogP contribution in [0.1, 0.15) is 17.4 Å². The zero-order valence-electron chi connectivity index (χ0n) is 15.3. The Hall–Kier alpha value is -2.82. The summed E-state index contributed by atoms with van der Waals surface area (Å²) in [6, 6.07) is 6.64. The number of fused-ring (bicyclic) bond motifs is 1. The maximum Gasteiger partial charge on any atom is 0.273 e. The number of nitrogens with one attached hydrogen (secondary N) is 2. The van der Waals surface area contributed by atoms with Crippen molar-refractivity contribution in [2.45, 2.75) is 17.5 Å². The smallest absolute Gasteiger partial charge is 0.273 e. The van der Waals surface area contributed by atoms with E-state index in [-0.39, 0.29) is 29.5 Å². The molecule has 3 aromatic heterocycles. The van der Waals surface area contributed by atoms with E-state index < -0.39 is 21.5 Å². The molecule has 0 bridgehead atoms. The molecular weight excluding hydrogens is 382 g/mol. The van der Waals surface area contributed by atoms with Gasteiger partial charge in [0.05, 0.1) is 18.8 Å². The van der Waals surface area contributed by atoms with Gasteiger partial charge in [-0.25, -0.2) is 8.42 Å². The fourth-order valence-electron chi connectivity index (χ4n) is 3.26. The number of rotatable bonds is 5. The summed E-state index contributed by atoms with van der Waals surface area (Å²) in [5.41, 5.74) is 0.320. The second-order valence-corrected chi connectivity index (χ2v) is 8.56. The number of ether oxygens (including phenoxy) is 1. The van der Waals surface area contributed by atoms with E-state index in [1.165, 1.54) is 17.8 Å². The monoisotopic (exact) mass is 401 g/mol. The number of sulfonamides is 1. The van der Waals surface area contributed by atoms with Gasteiger partial charge in [-0.3, -0.25) is 14.8 Å². The highest BCUT2D eigenvalue weighted by Crippen LogP contribution is 2.29. The number of carbonyl (C=O) groups excluding carboxylic acids is 1. The topological polar surface area (TPSA) is 115 Å². The zero-order chi connectivity index (χ0) is 19.9. The summed E-state index contributed by atoms with van der Waals surface area (Å²) in [5.74, 6) is -0.439. The number of anilines is 1. The third-order valence-electron chi connectivity index (χ3n) is 4.54. The highest BCUT2D eigenvalue weighted by Gasteiger charge is 2.40. The van der Waals surface area contributed by atoms with E-state index >= 15 is 0 Å². The number of aromatic nitrogens is 3. The molecule has 0 atom stereocenters. The lowest BCUT2D eigenvalue weighted by molar-refractivity contribution is -0.0523. The summed E-state index contributed by atoms with van der Waals surface area (Å²) in [4.78, 5) is 21.1. The molecule has 0 unspecified atom stereocenters. The summed E-state index contributed by atoms with van der Waals surface area (Å²) in [5, 5.41) is 3.16. The van der Waals surface area contributed by atoms with Gasteiger partial charge in [-0.2, -0.15) is 4.72 Å². The second-order valence-electron chi connectivity index (χ2n) is 6.96. The largest absolute Gasteiger partial charge is 0.377 e. The Bertz CT molecular complexity index is 1150. The van der Waals surface area contributed by atoms with E-state index in [1.54, 1.807) is 43.6 Å². The third kappa shape index (κ3) is 3.15. The first-order valence-electron chi connectivity index (χ1n) is 8.57. The lowest BCUT2D eigenvalue weighted by Crippen LogP contribution is -2.59. The van der Waals surface area contributed by atoms with Crippen LogP contribution in [0.25, 0.3) is 10.9 Å². The summed E-state index contributed by atoms with van der Waals surface area (Å²) in [6.45, 7) is 2.35. The molecule has 1 aliphatic heterocycles. The fourth-order valence-corrected chi connectivity index (χ4v) is 4.99. The minimum Gasteiger partial charge on any atom is -0.377 e. The van der Waals surface area contributed by atoms with Crippen LogP contribution in [0.2, 0.25) is 0 Å². The average molecular weight is 401 g/mol. The number of nitrogens with zero attached hydrogens (tertiary/aromatic N) is 3. The van der Waals surface area contributed by atoms with Crippen molar-refractivity contribution < 1.29 is 17.9 Å². The molecule has 1 saturated heterocycles. The van der Waals surface area contributed by atoms with Gasteiger partial charge in [0.15, 0.2) is 5.03 Å². The fraction of sp³-hybridized carbons (Fsp3) is 0.278. The Morgan fingerprint density at radius 2 is 1.93 bits per heavy atom. The molecule has 0 aromatic carbocycles. The molecule has 1 aliphatic rings. The van der Waals surface area contributed by atoms with Crippen LogP contribution in [0.4, 0.5) is 5.69 Å². The Labute approximate surface area is 161 Å². The van der Waals surface area contributed by atoms with Crippen LogP contribution in [0, 0.1) is 0 Å². The van der Waals surface area contributed by atoms with Crippen molar-refractivity contribution >= 4 is 32.5 Å². The van der Waals surface area contributed by atoms with E-state index in [9.17, 15) is 13.2 Å². The summed E-state index contributed by atoms with van der Waals surface area (Å²) >= 11 is 0. The summed E-state index contributed by atoms with van der Waals surface area (Å²) in [7, 11) is -2.40. The van der Waals surface area contributed by atoms with Gasteiger partial charge in [0, 0.05) is 36.7 Å². The molecule has 28 heavy (non-hydrogen) atoms. The molecule has 10 heteroatoms. The minimum absolute atomic E-state index is 0.0592. The SMILES string of the molecule is Cn1c(C(=O)Nc2ccncc2)c2cccnc2c1S(=O)(=O)NC1(C)COC1. The first-order valence-corrected chi connectivity index (χ1v) is 10.1. The normalized spacial score (nSPS) is 15.9. The molecule has 4 rings (SSSR count). The highest BCUT2D eigenvalue weighted by atomic mass is 32.2. The molecule has 146 valence electrons. The Balaban J connectivity index is 1.81. The summed E-state index contributed by atoms with van der Waals surface area (Å²) < 4.78 is 35.4. The van der Waals surface area contributed by atoms with Gasteiger partial charge in [-0.05, 0) is 31.2 Å². The maximum absolute atomic E-state index is 13.1. The van der Waals surface area contributed by atoms with Crippen molar-refractivity contribution in [2.24, 2.45) is 7.05 Å². The molecule has 0 aliphatic carbocycles. The van der Waals surface area contributed by atoms with Crippen LogP contribution < -0.4 is 10.0 Å². The van der Waals surface area contributed by atoms with E-state index in [2.05, 4.69) is 20.0 Å². The van der Waals surface area contributed by atoms with E-state index in [0.717, 1.165) is 0 Å². The van der Waals surface area contributed by atoms with Gasteiger partial charge in [0.25, 0.3) is 15.9 Å². The molecule has 4 heterocycles. The Morgan fingerprint density at radius 1 is 1.21 bits per heavy atom. The Kier molecular flexibility index (Phi) is 4.41. The van der Waals surface area contributed by atoms with E-state index in [4.69, 9.17) is 4.74 Å². The van der Waals surface area contributed by atoms with Gasteiger partial charge >= 0.3 is 0 Å². The minimum atomic E-state index is -3.94. The predicted octanol–water partition coefficient (Wildman–Crippen LogP) is 1.29. The lowest BCUT2D eigenvalue weighted by Gasteiger charge is -2.38. The number of carbonyl (C=O) groups is 1. The Morgan fingerprint density at radius 3 is 2.57 bits per heavy atom. The van der Waals surface area contributed by atoms with E-state index in [1.807, 2.05) is 0 Å². The number of hydrogen-bond donors (Lipinski definition) is 2. The molecule has 0 radical (unpaired) electrons. The van der Waals surface area contributed by atoms with Crippen LogP contribution >= 0.6 is 0 Å². The standard InChI is InChI=1S/C18H19N5O4S/c1-18(10-27-11-18)22-28(25,26)17-14-13(4-3-7-20-14)15(23(17)2)16(24)21-12-5-8-19-9-6-12/h3-9,22H,10-11H2,1-2H3,(H,19,21,24). The molecule has 1 amide bonds.